The van der Waals surface area contributed by atoms with Crippen molar-refractivity contribution in [3.05, 3.63) is 66.0 Å². The van der Waals surface area contributed by atoms with Crippen molar-refractivity contribution in [3.63, 3.8) is 0 Å². The highest BCUT2D eigenvalue weighted by Gasteiger charge is 2.43. The minimum atomic E-state index is -3.70. The Labute approximate surface area is 152 Å². The van der Waals surface area contributed by atoms with E-state index >= 15 is 0 Å². The number of rotatable bonds is 7. The largest absolute Gasteiger partial charge is 0.465 e. The van der Waals surface area contributed by atoms with Crippen LogP contribution in [0.15, 0.2) is 59.5 Å². The van der Waals surface area contributed by atoms with Gasteiger partial charge in [-0.25, -0.2) is 17.6 Å². The highest BCUT2D eigenvalue weighted by molar-refractivity contribution is 7.91. The molecule has 1 atom stereocenters. The van der Waals surface area contributed by atoms with E-state index in [-0.39, 0.29) is 23.5 Å². The van der Waals surface area contributed by atoms with E-state index in [1.54, 1.807) is 25.1 Å². The van der Waals surface area contributed by atoms with E-state index in [9.17, 15) is 22.9 Å². The van der Waals surface area contributed by atoms with Crippen LogP contribution in [-0.4, -0.2) is 26.7 Å². The summed E-state index contributed by atoms with van der Waals surface area (Å²) in [5.41, 5.74) is -1.63. The first-order chi connectivity index (χ1) is 12.4. The van der Waals surface area contributed by atoms with Gasteiger partial charge in [0.05, 0.1) is 23.3 Å². The third kappa shape index (κ3) is 4.09. The first kappa shape index (κ1) is 19.6. The Morgan fingerprint density at radius 3 is 2.31 bits per heavy atom. The predicted molar refractivity (Wildman–Crippen MR) is 93.4 cm³/mol. The molecule has 0 aliphatic heterocycles. The third-order valence-corrected chi connectivity index (χ3v) is 5.73. The molecule has 0 heterocycles. The van der Waals surface area contributed by atoms with Crippen molar-refractivity contribution >= 4 is 15.8 Å². The van der Waals surface area contributed by atoms with E-state index in [2.05, 4.69) is 0 Å². The third-order valence-electron chi connectivity index (χ3n) is 4.00. The van der Waals surface area contributed by atoms with E-state index in [0.29, 0.717) is 0 Å². The first-order valence-corrected chi connectivity index (χ1v) is 9.63. The molecule has 0 spiro atoms. The van der Waals surface area contributed by atoms with E-state index < -0.39 is 32.8 Å². The van der Waals surface area contributed by atoms with Crippen LogP contribution in [0.1, 0.15) is 18.9 Å². The summed E-state index contributed by atoms with van der Waals surface area (Å²) in [6, 6.07) is 14.5. The van der Waals surface area contributed by atoms with E-state index in [1.807, 2.05) is 6.07 Å². The van der Waals surface area contributed by atoms with Crippen LogP contribution in [0.3, 0.4) is 0 Å². The first-order valence-electron chi connectivity index (χ1n) is 7.98. The summed E-state index contributed by atoms with van der Waals surface area (Å²) in [5.74, 6) is -1.81. The zero-order valence-corrected chi connectivity index (χ0v) is 15.0. The summed E-state index contributed by atoms with van der Waals surface area (Å²) < 4.78 is 43.3. The zero-order chi connectivity index (χ0) is 19.2. The molecule has 0 bridgehead atoms. The molecule has 7 heteroatoms. The second-order valence-corrected chi connectivity index (χ2v) is 7.74. The normalized spacial score (nSPS) is 13.4. The molecule has 0 saturated heterocycles. The van der Waals surface area contributed by atoms with Crippen LogP contribution in [0, 0.1) is 17.1 Å². The maximum absolute atomic E-state index is 13.2. The van der Waals surface area contributed by atoms with Gasteiger partial charge in [0.1, 0.15) is 5.82 Å². The zero-order valence-electron chi connectivity index (χ0n) is 14.2. The van der Waals surface area contributed by atoms with Crippen LogP contribution in [0.4, 0.5) is 4.39 Å². The van der Waals surface area contributed by atoms with Gasteiger partial charge in [-0.1, -0.05) is 30.3 Å². The number of ether oxygens (including phenoxy) is 1. The summed E-state index contributed by atoms with van der Waals surface area (Å²) in [7, 11) is -3.70. The summed E-state index contributed by atoms with van der Waals surface area (Å²) in [6.45, 7) is 1.63. The second-order valence-electron chi connectivity index (χ2n) is 5.63. The number of nitrogens with zero attached hydrogens (tertiary/aromatic N) is 1. The van der Waals surface area contributed by atoms with Crippen LogP contribution in [0.25, 0.3) is 0 Å². The van der Waals surface area contributed by atoms with Crippen molar-refractivity contribution in [3.8, 4) is 6.07 Å². The van der Waals surface area contributed by atoms with Gasteiger partial charge in [-0.3, -0.25) is 0 Å². The van der Waals surface area contributed by atoms with Crippen molar-refractivity contribution in [2.45, 2.75) is 23.7 Å². The molecule has 0 radical (unpaired) electrons. The fourth-order valence-corrected chi connectivity index (χ4v) is 3.93. The molecule has 26 heavy (non-hydrogen) atoms. The summed E-state index contributed by atoms with van der Waals surface area (Å²) in [6.07, 6.45) is -0.300. The number of halogens is 1. The maximum atomic E-state index is 13.2. The number of esters is 1. The van der Waals surface area contributed by atoms with Gasteiger partial charge in [0.2, 0.25) is 0 Å². The van der Waals surface area contributed by atoms with Gasteiger partial charge < -0.3 is 4.74 Å². The van der Waals surface area contributed by atoms with Crippen molar-refractivity contribution in [1.29, 1.82) is 5.26 Å². The van der Waals surface area contributed by atoms with Crippen LogP contribution in [0.2, 0.25) is 0 Å². The molecule has 2 rings (SSSR count). The quantitative estimate of drug-likeness (QED) is 0.695. The van der Waals surface area contributed by atoms with E-state index in [0.717, 1.165) is 12.1 Å². The fourth-order valence-electron chi connectivity index (χ4n) is 2.55. The second kappa shape index (κ2) is 8.11. The number of benzene rings is 2. The maximum Gasteiger partial charge on any atom is 0.331 e. The number of sulfone groups is 1. The Morgan fingerprint density at radius 2 is 1.77 bits per heavy atom. The average Bonchev–Trinajstić information content (AvgIpc) is 2.65. The highest BCUT2D eigenvalue weighted by Crippen LogP contribution is 2.31. The number of nitriles is 1. The minimum Gasteiger partial charge on any atom is -0.465 e. The monoisotopic (exact) mass is 375 g/mol. The average molecular weight is 375 g/mol. The van der Waals surface area contributed by atoms with Gasteiger partial charge in [0.25, 0.3) is 0 Å². The van der Waals surface area contributed by atoms with Crippen LogP contribution >= 0.6 is 0 Å². The summed E-state index contributed by atoms with van der Waals surface area (Å²) >= 11 is 0. The molecular formula is C19H18FNO4S. The molecule has 5 nitrogen and oxygen atoms in total. The molecule has 0 aliphatic carbocycles. The van der Waals surface area contributed by atoms with Gasteiger partial charge in [0.15, 0.2) is 15.3 Å². The molecular weight excluding hydrogens is 357 g/mol. The summed E-state index contributed by atoms with van der Waals surface area (Å²) in [5, 5.41) is 9.72. The van der Waals surface area contributed by atoms with Gasteiger partial charge in [-0.15, -0.1) is 0 Å². The number of hydrogen-bond acceptors (Lipinski definition) is 5. The summed E-state index contributed by atoms with van der Waals surface area (Å²) in [4.78, 5) is 12.6. The molecule has 136 valence electrons. The topological polar surface area (TPSA) is 84.2 Å². The van der Waals surface area contributed by atoms with Crippen molar-refractivity contribution < 1.29 is 22.3 Å². The lowest BCUT2D eigenvalue weighted by Gasteiger charge is -2.25. The predicted octanol–water partition coefficient (Wildman–Crippen LogP) is 3.01. The van der Waals surface area contributed by atoms with Crippen LogP contribution in [-0.2, 0) is 24.8 Å². The molecule has 0 aliphatic rings. The van der Waals surface area contributed by atoms with Gasteiger partial charge in [-0.2, -0.15) is 5.26 Å². The fraction of sp³-hybridized carbons (Fsp3) is 0.263. The lowest BCUT2D eigenvalue weighted by atomic mass is 9.79. The SMILES string of the molecule is CCOC(=O)C(C#N)(CCS(=O)(=O)c1ccccc1)c1ccc(F)cc1. The lowest BCUT2D eigenvalue weighted by Crippen LogP contribution is -2.38. The molecule has 0 fully saturated rings. The highest BCUT2D eigenvalue weighted by atomic mass is 32.2. The number of carbonyl (C=O) groups is 1. The number of hydrogen-bond donors (Lipinski definition) is 0. The lowest BCUT2D eigenvalue weighted by molar-refractivity contribution is -0.148. The molecule has 0 saturated carbocycles. The molecule has 1 unspecified atom stereocenters. The van der Waals surface area contributed by atoms with Gasteiger partial charge in [0, 0.05) is 0 Å². The molecule has 0 N–H and O–H groups in total. The van der Waals surface area contributed by atoms with E-state index in [1.165, 1.54) is 24.3 Å². The van der Waals surface area contributed by atoms with E-state index in [4.69, 9.17) is 4.74 Å². The Bertz CT molecular complexity index is 905. The molecule has 0 aromatic heterocycles. The van der Waals surface area contributed by atoms with Crippen LogP contribution in [0.5, 0.6) is 0 Å². The molecule has 0 amide bonds. The Hall–Kier alpha value is -2.72. The Balaban J connectivity index is 2.40. The van der Waals surface area contributed by atoms with Crippen molar-refractivity contribution in [1.82, 2.24) is 0 Å². The standard InChI is InChI=1S/C19H18FNO4S/c1-2-25-18(22)19(14-21,15-8-10-16(20)11-9-15)12-13-26(23,24)17-6-4-3-5-7-17/h3-11H,2,12-13H2,1H3. The van der Waals surface area contributed by atoms with Gasteiger partial charge >= 0.3 is 5.97 Å². The Morgan fingerprint density at radius 1 is 1.15 bits per heavy atom. The van der Waals surface area contributed by atoms with Crippen molar-refractivity contribution in [2.24, 2.45) is 0 Å². The smallest absolute Gasteiger partial charge is 0.331 e. The minimum absolute atomic E-state index is 0.0366. The Kier molecular flexibility index (Phi) is 6.11. The molecule has 2 aromatic rings. The van der Waals surface area contributed by atoms with Crippen molar-refractivity contribution in [2.75, 3.05) is 12.4 Å². The number of carbonyl (C=O) groups excluding carboxylic acids is 1. The molecule has 2 aromatic carbocycles. The van der Waals surface area contributed by atoms with Crippen LogP contribution < -0.4 is 0 Å². The van der Waals surface area contributed by atoms with Gasteiger partial charge in [-0.05, 0) is 43.2 Å².